The first kappa shape index (κ1) is 13.4. The lowest BCUT2D eigenvalue weighted by molar-refractivity contribution is -0.152. The van der Waals surface area contributed by atoms with E-state index in [1.807, 2.05) is 6.92 Å². The Morgan fingerprint density at radius 2 is 2.07 bits per heavy atom. The molecule has 84 valence electrons. The molecule has 1 atom stereocenters. The van der Waals surface area contributed by atoms with E-state index in [2.05, 4.69) is 6.58 Å². The Labute approximate surface area is 89.2 Å². The molecule has 1 unspecified atom stereocenters. The molecule has 15 heavy (non-hydrogen) atoms. The van der Waals surface area contributed by atoms with Gasteiger partial charge in [0.1, 0.15) is 5.60 Å². The van der Waals surface area contributed by atoms with Gasteiger partial charge in [0.15, 0.2) is 0 Å². The van der Waals surface area contributed by atoms with Crippen LogP contribution >= 0.6 is 0 Å². The van der Waals surface area contributed by atoms with Crippen LogP contribution in [0.1, 0.15) is 26.7 Å². The van der Waals surface area contributed by atoms with Crippen LogP contribution in [0.5, 0.6) is 0 Å². The van der Waals surface area contributed by atoms with Crippen molar-refractivity contribution < 1.29 is 19.4 Å². The van der Waals surface area contributed by atoms with Crippen molar-refractivity contribution in [2.75, 3.05) is 0 Å². The summed E-state index contributed by atoms with van der Waals surface area (Å²) in [6.45, 7) is 7.24. The van der Waals surface area contributed by atoms with Gasteiger partial charge in [-0.2, -0.15) is 0 Å². The zero-order chi connectivity index (χ0) is 11.9. The summed E-state index contributed by atoms with van der Waals surface area (Å²) in [5.74, 6) is -1.82. The van der Waals surface area contributed by atoms with Crippen LogP contribution in [0.4, 0.5) is 0 Å². The monoisotopic (exact) mass is 212 g/mol. The van der Waals surface area contributed by atoms with E-state index in [1.165, 1.54) is 0 Å². The van der Waals surface area contributed by atoms with Gasteiger partial charge in [-0.25, -0.2) is 9.59 Å². The second kappa shape index (κ2) is 6.01. The second-order valence-electron chi connectivity index (χ2n) is 3.39. The van der Waals surface area contributed by atoms with Crippen LogP contribution in [0, 0.1) is 0 Å². The third-order valence-corrected chi connectivity index (χ3v) is 2.03. The van der Waals surface area contributed by atoms with Crippen molar-refractivity contribution in [3.8, 4) is 0 Å². The van der Waals surface area contributed by atoms with E-state index in [0.29, 0.717) is 12.8 Å². The van der Waals surface area contributed by atoms with Crippen molar-refractivity contribution in [2.24, 2.45) is 0 Å². The molecule has 0 fully saturated rings. The maximum Gasteiger partial charge on any atom is 0.331 e. The number of esters is 1. The van der Waals surface area contributed by atoms with E-state index in [1.54, 1.807) is 13.0 Å². The zero-order valence-electron chi connectivity index (χ0n) is 9.03. The predicted molar refractivity (Wildman–Crippen MR) is 56.4 cm³/mol. The Morgan fingerprint density at radius 1 is 1.47 bits per heavy atom. The minimum absolute atomic E-state index is 0.538. The smallest absolute Gasteiger partial charge is 0.331 e. The van der Waals surface area contributed by atoms with Crippen molar-refractivity contribution in [3.05, 3.63) is 24.8 Å². The number of aliphatic carboxylic acids is 1. The standard InChI is InChI=1S/C11H16O4/c1-4-8-11(3,5-2)15-10(14)7-6-9(12)13/h4,6-7H,1,5,8H2,2-3H3,(H,12,13)/b7-6+. The molecule has 0 spiro atoms. The zero-order valence-corrected chi connectivity index (χ0v) is 9.03. The molecule has 0 radical (unpaired) electrons. The van der Waals surface area contributed by atoms with Gasteiger partial charge in [-0.15, -0.1) is 6.58 Å². The van der Waals surface area contributed by atoms with Gasteiger partial charge >= 0.3 is 11.9 Å². The number of carbonyl (C=O) groups excluding carboxylic acids is 1. The van der Waals surface area contributed by atoms with Crippen LogP contribution in [0.25, 0.3) is 0 Å². The minimum atomic E-state index is -1.17. The molecule has 0 saturated carbocycles. The largest absolute Gasteiger partial charge is 0.478 e. The van der Waals surface area contributed by atoms with Crippen LogP contribution in [0.15, 0.2) is 24.8 Å². The molecule has 0 aliphatic rings. The molecule has 0 aromatic carbocycles. The van der Waals surface area contributed by atoms with Crippen LogP contribution in [0.3, 0.4) is 0 Å². The Balaban J connectivity index is 4.36. The van der Waals surface area contributed by atoms with Gasteiger partial charge in [0.25, 0.3) is 0 Å². The second-order valence-corrected chi connectivity index (χ2v) is 3.39. The van der Waals surface area contributed by atoms with Crippen molar-refractivity contribution in [1.82, 2.24) is 0 Å². The molecule has 0 aromatic rings. The molecule has 1 N–H and O–H groups in total. The molecule has 0 saturated heterocycles. The fourth-order valence-corrected chi connectivity index (χ4v) is 0.980. The fourth-order valence-electron chi connectivity index (χ4n) is 0.980. The summed E-state index contributed by atoms with van der Waals surface area (Å²) in [6.07, 6.45) is 4.51. The molecular weight excluding hydrogens is 196 g/mol. The van der Waals surface area contributed by atoms with Gasteiger partial charge in [0, 0.05) is 18.6 Å². The molecule has 0 amide bonds. The summed E-state index contributed by atoms with van der Waals surface area (Å²) in [4.78, 5) is 21.3. The summed E-state index contributed by atoms with van der Waals surface area (Å²) in [6, 6.07) is 0. The number of hydrogen-bond acceptors (Lipinski definition) is 3. The van der Waals surface area contributed by atoms with Crippen LogP contribution in [-0.2, 0) is 14.3 Å². The Bertz CT molecular complexity index is 280. The van der Waals surface area contributed by atoms with Crippen LogP contribution in [0.2, 0.25) is 0 Å². The fraction of sp³-hybridized carbons (Fsp3) is 0.455. The lowest BCUT2D eigenvalue weighted by Crippen LogP contribution is -2.29. The van der Waals surface area contributed by atoms with E-state index in [-0.39, 0.29) is 0 Å². The molecular formula is C11H16O4. The third kappa shape index (κ3) is 5.67. The summed E-state index contributed by atoms with van der Waals surface area (Å²) >= 11 is 0. The molecule has 0 aliphatic heterocycles. The highest BCUT2D eigenvalue weighted by molar-refractivity contribution is 5.90. The van der Waals surface area contributed by atoms with Gasteiger partial charge in [-0.05, 0) is 13.3 Å². The van der Waals surface area contributed by atoms with Gasteiger partial charge in [-0.3, -0.25) is 0 Å². The number of carboxylic acid groups (broad SMARTS) is 1. The van der Waals surface area contributed by atoms with E-state index in [9.17, 15) is 9.59 Å². The number of rotatable bonds is 6. The molecule has 4 nitrogen and oxygen atoms in total. The van der Waals surface area contributed by atoms with Crippen molar-refractivity contribution in [1.29, 1.82) is 0 Å². The number of ether oxygens (including phenoxy) is 1. The highest BCUT2D eigenvalue weighted by Crippen LogP contribution is 2.20. The summed E-state index contributed by atoms with van der Waals surface area (Å²) < 4.78 is 5.12. The molecule has 0 aromatic heterocycles. The topological polar surface area (TPSA) is 63.6 Å². The van der Waals surface area contributed by atoms with Gasteiger partial charge in [-0.1, -0.05) is 13.0 Å². The molecule has 0 aliphatic carbocycles. The average Bonchev–Trinajstić information content (AvgIpc) is 2.15. The lowest BCUT2D eigenvalue weighted by Gasteiger charge is -2.26. The molecule has 0 heterocycles. The van der Waals surface area contributed by atoms with E-state index in [4.69, 9.17) is 9.84 Å². The van der Waals surface area contributed by atoms with Gasteiger partial charge < -0.3 is 9.84 Å². The van der Waals surface area contributed by atoms with E-state index >= 15 is 0 Å². The van der Waals surface area contributed by atoms with Crippen LogP contribution < -0.4 is 0 Å². The first-order valence-electron chi connectivity index (χ1n) is 4.68. The maximum atomic E-state index is 11.2. The van der Waals surface area contributed by atoms with Crippen molar-refractivity contribution in [3.63, 3.8) is 0 Å². The average molecular weight is 212 g/mol. The highest BCUT2D eigenvalue weighted by atomic mass is 16.6. The quantitative estimate of drug-likeness (QED) is 0.415. The SMILES string of the molecule is C=CCC(C)(CC)OC(=O)/C=C/C(=O)O. The lowest BCUT2D eigenvalue weighted by atomic mass is 9.99. The normalized spacial score (nSPS) is 14.5. The van der Waals surface area contributed by atoms with Gasteiger partial charge in [0.05, 0.1) is 0 Å². The molecule has 0 bridgehead atoms. The van der Waals surface area contributed by atoms with Crippen molar-refractivity contribution in [2.45, 2.75) is 32.3 Å². The predicted octanol–water partition coefficient (Wildman–Crippen LogP) is 1.92. The summed E-state index contributed by atoms with van der Waals surface area (Å²) in [5.41, 5.74) is -0.609. The minimum Gasteiger partial charge on any atom is -0.478 e. The Hall–Kier alpha value is -1.58. The van der Waals surface area contributed by atoms with E-state index in [0.717, 1.165) is 12.2 Å². The molecule has 4 heteroatoms. The number of carbonyl (C=O) groups is 2. The van der Waals surface area contributed by atoms with Crippen LogP contribution in [-0.4, -0.2) is 22.6 Å². The first-order valence-corrected chi connectivity index (χ1v) is 4.68. The Morgan fingerprint density at radius 3 is 2.47 bits per heavy atom. The first-order chi connectivity index (χ1) is 6.93. The number of carboxylic acids is 1. The highest BCUT2D eigenvalue weighted by Gasteiger charge is 2.24. The Kier molecular flexibility index (Phi) is 5.37. The maximum absolute atomic E-state index is 11.2. The number of hydrogen-bond donors (Lipinski definition) is 1. The summed E-state index contributed by atoms with van der Waals surface area (Å²) in [5, 5.41) is 8.31. The summed E-state index contributed by atoms with van der Waals surface area (Å²) in [7, 11) is 0. The van der Waals surface area contributed by atoms with Crippen molar-refractivity contribution >= 4 is 11.9 Å². The van der Waals surface area contributed by atoms with E-state index < -0.39 is 17.5 Å². The molecule has 0 rings (SSSR count). The third-order valence-electron chi connectivity index (χ3n) is 2.03. The van der Waals surface area contributed by atoms with Gasteiger partial charge in [0.2, 0.25) is 0 Å².